The molecule has 0 bridgehead atoms. The Hall–Kier alpha value is -1.07. The molecule has 20 heavy (non-hydrogen) atoms. The summed E-state index contributed by atoms with van der Waals surface area (Å²) in [6.07, 6.45) is 2.25. The molecule has 2 atom stereocenters. The topological polar surface area (TPSA) is 55.4 Å². The lowest BCUT2D eigenvalue weighted by Gasteiger charge is -2.26. The number of rotatable bonds is 7. The van der Waals surface area contributed by atoms with Gasteiger partial charge in [0.2, 0.25) is 0 Å². The van der Waals surface area contributed by atoms with E-state index in [2.05, 4.69) is 12.2 Å². The summed E-state index contributed by atoms with van der Waals surface area (Å²) in [5.74, 6) is 0.785. The Morgan fingerprint density at radius 2 is 2.00 bits per heavy atom. The first-order chi connectivity index (χ1) is 9.31. The number of methoxy groups -OCH3 is 1. The number of benzene rings is 1. The normalized spacial score (nSPS) is 14.8. The van der Waals surface area contributed by atoms with Crippen molar-refractivity contribution in [2.75, 3.05) is 19.9 Å². The molecule has 0 saturated heterocycles. The van der Waals surface area contributed by atoms with Crippen LogP contribution in [0.15, 0.2) is 18.2 Å². The smallest absolute Gasteiger partial charge is 0.151 e. The minimum absolute atomic E-state index is 0.198. The van der Waals surface area contributed by atoms with Crippen molar-refractivity contribution >= 4 is 9.84 Å². The van der Waals surface area contributed by atoms with Crippen LogP contribution >= 0.6 is 0 Å². The zero-order chi connectivity index (χ0) is 15.3. The van der Waals surface area contributed by atoms with Crippen LogP contribution in [0.1, 0.15) is 37.4 Å². The molecule has 0 heterocycles. The van der Waals surface area contributed by atoms with E-state index in [9.17, 15) is 8.42 Å². The maximum Gasteiger partial charge on any atom is 0.151 e. The van der Waals surface area contributed by atoms with Crippen LogP contribution in [0, 0.1) is 6.92 Å². The summed E-state index contributed by atoms with van der Waals surface area (Å²) < 4.78 is 29.0. The van der Waals surface area contributed by atoms with Crippen molar-refractivity contribution in [3.63, 3.8) is 0 Å². The van der Waals surface area contributed by atoms with Gasteiger partial charge in [-0.2, -0.15) is 0 Å². The molecule has 0 aliphatic rings. The van der Waals surface area contributed by atoms with Crippen LogP contribution in [-0.4, -0.2) is 33.6 Å². The van der Waals surface area contributed by atoms with Crippen molar-refractivity contribution in [1.82, 2.24) is 5.32 Å². The second kappa shape index (κ2) is 7.09. The Morgan fingerprint density at radius 3 is 2.45 bits per heavy atom. The summed E-state index contributed by atoms with van der Waals surface area (Å²) in [5.41, 5.74) is 2.05. The second-order valence-corrected chi connectivity index (χ2v) is 7.59. The summed E-state index contributed by atoms with van der Waals surface area (Å²) in [5, 5.41) is 2.88. The van der Waals surface area contributed by atoms with Crippen LogP contribution in [0.4, 0.5) is 0 Å². The number of hydrogen-bond donors (Lipinski definition) is 1. The molecule has 0 aliphatic carbocycles. The van der Waals surface area contributed by atoms with E-state index < -0.39 is 15.1 Å². The number of aryl methyl sites for hydroxylation is 1. The Kier molecular flexibility index (Phi) is 6.02. The molecule has 2 unspecified atom stereocenters. The Bertz CT molecular complexity index is 540. The average molecular weight is 299 g/mol. The van der Waals surface area contributed by atoms with E-state index >= 15 is 0 Å². The highest BCUT2D eigenvalue weighted by atomic mass is 32.2. The van der Waals surface area contributed by atoms with Crippen LogP contribution in [0.2, 0.25) is 0 Å². The number of hydrogen-bond acceptors (Lipinski definition) is 4. The van der Waals surface area contributed by atoms with E-state index in [4.69, 9.17) is 4.74 Å². The predicted molar refractivity (Wildman–Crippen MR) is 83.1 cm³/mol. The molecule has 0 aliphatic heterocycles. The monoisotopic (exact) mass is 299 g/mol. The lowest BCUT2D eigenvalue weighted by Crippen LogP contribution is -2.35. The molecule has 1 aromatic rings. The average Bonchev–Trinajstić information content (AvgIpc) is 2.39. The van der Waals surface area contributed by atoms with Crippen LogP contribution in [0.25, 0.3) is 0 Å². The van der Waals surface area contributed by atoms with Gasteiger partial charge in [0.15, 0.2) is 9.84 Å². The third-order valence-electron chi connectivity index (χ3n) is 3.57. The van der Waals surface area contributed by atoms with Crippen LogP contribution in [0.3, 0.4) is 0 Å². The molecule has 5 heteroatoms. The van der Waals surface area contributed by atoms with Gasteiger partial charge in [0.25, 0.3) is 0 Å². The van der Waals surface area contributed by atoms with Gasteiger partial charge in [-0.15, -0.1) is 0 Å². The third-order valence-corrected chi connectivity index (χ3v) is 5.19. The van der Waals surface area contributed by atoms with Gasteiger partial charge in [-0.05, 0) is 50.1 Å². The lowest BCUT2D eigenvalue weighted by molar-refractivity contribution is 0.413. The summed E-state index contributed by atoms with van der Waals surface area (Å²) in [7, 11) is -1.48. The van der Waals surface area contributed by atoms with Crippen molar-refractivity contribution in [2.45, 2.75) is 38.5 Å². The van der Waals surface area contributed by atoms with Crippen LogP contribution in [0.5, 0.6) is 5.75 Å². The molecule has 1 N–H and O–H groups in total. The van der Waals surface area contributed by atoms with E-state index in [1.54, 1.807) is 14.0 Å². The summed E-state index contributed by atoms with van der Waals surface area (Å²) in [4.78, 5) is 0. The fourth-order valence-corrected chi connectivity index (χ4v) is 2.94. The van der Waals surface area contributed by atoms with E-state index in [0.29, 0.717) is 0 Å². The largest absolute Gasteiger partial charge is 0.497 e. The van der Waals surface area contributed by atoms with Crippen molar-refractivity contribution < 1.29 is 13.2 Å². The predicted octanol–water partition coefficient (Wildman–Crippen LogP) is 2.48. The van der Waals surface area contributed by atoms with Gasteiger partial charge in [0.05, 0.1) is 12.4 Å². The van der Waals surface area contributed by atoms with E-state index in [1.807, 2.05) is 25.1 Å². The zero-order valence-corrected chi connectivity index (χ0v) is 13.8. The standard InChI is InChI=1S/C15H25NO3S/c1-6-9-16-15(12(3)20(5,17)18)14-8-7-13(19-4)10-11(14)2/h7-8,10,12,15-16H,6,9H2,1-5H3. The highest BCUT2D eigenvalue weighted by Gasteiger charge is 2.27. The maximum atomic E-state index is 11.9. The van der Waals surface area contributed by atoms with Gasteiger partial charge in [-0.3, -0.25) is 0 Å². The van der Waals surface area contributed by atoms with Crippen molar-refractivity contribution in [3.8, 4) is 5.75 Å². The molecule has 0 spiro atoms. The fourth-order valence-electron chi connectivity index (χ4n) is 2.20. The van der Waals surface area contributed by atoms with Gasteiger partial charge in [0.1, 0.15) is 5.75 Å². The molecule has 4 nitrogen and oxygen atoms in total. The first-order valence-electron chi connectivity index (χ1n) is 6.88. The van der Waals surface area contributed by atoms with Crippen LogP contribution < -0.4 is 10.1 Å². The minimum Gasteiger partial charge on any atom is -0.497 e. The SMILES string of the molecule is CCCNC(c1ccc(OC)cc1C)C(C)S(C)(=O)=O. The lowest BCUT2D eigenvalue weighted by atomic mass is 9.98. The number of ether oxygens (including phenoxy) is 1. The van der Waals surface area contributed by atoms with Crippen LogP contribution in [-0.2, 0) is 9.84 Å². The summed E-state index contributed by atoms with van der Waals surface area (Å²) in [6, 6.07) is 5.56. The van der Waals surface area contributed by atoms with E-state index in [0.717, 1.165) is 29.8 Å². The summed E-state index contributed by atoms with van der Waals surface area (Å²) >= 11 is 0. The number of nitrogens with one attached hydrogen (secondary N) is 1. The van der Waals surface area contributed by atoms with Gasteiger partial charge in [-0.25, -0.2) is 8.42 Å². The highest BCUT2D eigenvalue weighted by molar-refractivity contribution is 7.91. The van der Waals surface area contributed by atoms with Crippen molar-refractivity contribution in [1.29, 1.82) is 0 Å². The third kappa shape index (κ3) is 4.21. The quantitative estimate of drug-likeness (QED) is 0.840. The Morgan fingerprint density at radius 1 is 1.35 bits per heavy atom. The molecule has 114 valence electrons. The first-order valence-corrected chi connectivity index (χ1v) is 8.83. The molecule has 0 saturated carbocycles. The zero-order valence-electron chi connectivity index (χ0n) is 12.9. The molecular formula is C15H25NO3S. The summed E-state index contributed by atoms with van der Waals surface area (Å²) in [6.45, 7) is 6.59. The van der Waals surface area contributed by atoms with Gasteiger partial charge in [-0.1, -0.05) is 13.0 Å². The Labute approximate surface area is 122 Å². The molecule has 1 rings (SSSR count). The van der Waals surface area contributed by atoms with Gasteiger partial charge >= 0.3 is 0 Å². The molecule has 0 fully saturated rings. The molecule has 1 aromatic carbocycles. The highest BCUT2D eigenvalue weighted by Crippen LogP contribution is 2.27. The maximum absolute atomic E-state index is 11.9. The number of sulfone groups is 1. The van der Waals surface area contributed by atoms with Gasteiger partial charge < -0.3 is 10.1 Å². The van der Waals surface area contributed by atoms with E-state index in [-0.39, 0.29) is 6.04 Å². The molecule has 0 radical (unpaired) electrons. The fraction of sp³-hybridized carbons (Fsp3) is 0.600. The molecule has 0 amide bonds. The molecular weight excluding hydrogens is 274 g/mol. The first kappa shape index (κ1) is 17.0. The second-order valence-electron chi connectivity index (χ2n) is 5.19. The molecule has 0 aromatic heterocycles. The van der Waals surface area contributed by atoms with E-state index in [1.165, 1.54) is 6.26 Å². The Balaban J connectivity index is 3.17. The van der Waals surface area contributed by atoms with Crippen molar-refractivity contribution in [3.05, 3.63) is 29.3 Å². The van der Waals surface area contributed by atoms with Crippen molar-refractivity contribution in [2.24, 2.45) is 0 Å². The minimum atomic E-state index is -3.11. The van der Waals surface area contributed by atoms with Gasteiger partial charge in [0, 0.05) is 12.3 Å².